The number of rotatable bonds is 5. The summed E-state index contributed by atoms with van der Waals surface area (Å²) in [6.07, 6.45) is -4.39. The number of alkyl halides is 4. The Labute approximate surface area is 117 Å². The van der Waals surface area contributed by atoms with E-state index in [1.54, 1.807) is 24.3 Å². The smallest absolute Gasteiger partial charge is 0.411 e. The number of halogens is 4. The van der Waals surface area contributed by atoms with Crippen molar-refractivity contribution >= 4 is 11.6 Å². The van der Waals surface area contributed by atoms with Gasteiger partial charge in [0.15, 0.2) is 0 Å². The number of ether oxygens (including phenoxy) is 1. The van der Waals surface area contributed by atoms with Gasteiger partial charge < -0.3 is 9.15 Å². The largest absolute Gasteiger partial charge is 0.421 e. The molecule has 0 saturated carbocycles. The van der Waals surface area contributed by atoms with E-state index in [9.17, 15) is 13.2 Å². The van der Waals surface area contributed by atoms with E-state index in [-0.39, 0.29) is 11.8 Å². The van der Waals surface area contributed by atoms with Crippen LogP contribution >= 0.6 is 11.6 Å². The van der Waals surface area contributed by atoms with E-state index in [1.165, 1.54) is 0 Å². The maximum absolute atomic E-state index is 11.9. The second-order valence-electron chi connectivity index (χ2n) is 3.92. The van der Waals surface area contributed by atoms with E-state index in [2.05, 4.69) is 14.9 Å². The molecular weight excluding hydrogens is 297 g/mol. The van der Waals surface area contributed by atoms with Crippen LogP contribution in [0.3, 0.4) is 0 Å². The lowest BCUT2D eigenvalue weighted by atomic mass is 10.1. The summed E-state index contributed by atoms with van der Waals surface area (Å²) in [5.41, 5.74) is 0.751. The highest BCUT2D eigenvalue weighted by molar-refractivity contribution is 6.22. The normalized spacial score (nSPS) is 13.4. The molecule has 4 nitrogen and oxygen atoms in total. The first kappa shape index (κ1) is 14.8. The summed E-state index contributed by atoms with van der Waals surface area (Å²) in [5.74, 6) is 0.0642. The van der Waals surface area contributed by atoms with Crippen LogP contribution in [0.4, 0.5) is 13.2 Å². The monoisotopic (exact) mass is 306 g/mol. The average Bonchev–Trinajstić information content (AvgIpc) is 2.86. The molecule has 20 heavy (non-hydrogen) atoms. The van der Waals surface area contributed by atoms with Crippen LogP contribution in [0, 0.1) is 0 Å². The molecule has 0 aliphatic heterocycles. The van der Waals surface area contributed by atoms with Crippen LogP contribution < -0.4 is 0 Å². The van der Waals surface area contributed by atoms with Crippen LogP contribution in [0.15, 0.2) is 34.7 Å². The van der Waals surface area contributed by atoms with Crippen LogP contribution in [0.2, 0.25) is 0 Å². The van der Waals surface area contributed by atoms with E-state index >= 15 is 0 Å². The number of hydrogen-bond acceptors (Lipinski definition) is 4. The number of nitrogens with zero attached hydrogens (tertiary/aromatic N) is 2. The van der Waals surface area contributed by atoms with Gasteiger partial charge in [0.25, 0.3) is 0 Å². The lowest BCUT2D eigenvalue weighted by Gasteiger charge is -2.05. The molecule has 8 heteroatoms. The van der Waals surface area contributed by atoms with E-state index in [1.807, 2.05) is 6.07 Å². The molecule has 0 amide bonds. The van der Waals surface area contributed by atoms with E-state index in [4.69, 9.17) is 16.0 Å². The van der Waals surface area contributed by atoms with Crippen molar-refractivity contribution in [1.82, 2.24) is 10.2 Å². The van der Waals surface area contributed by atoms with Crippen molar-refractivity contribution in [3.63, 3.8) is 0 Å². The third-order valence-electron chi connectivity index (χ3n) is 2.28. The molecule has 0 radical (unpaired) electrons. The second-order valence-corrected chi connectivity index (χ2v) is 4.35. The van der Waals surface area contributed by atoms with Crippen LogP contribution in [0.5, 0.6) is 0 Å². The minimum Gasteiger partial charge on any atom is -0.421 e. The number of benzene rings is 1. The van der Waals surface area contributed by atoms with Crippen molar-refractivity contribution in [1.29, 1.82) is 0 Å². The summed E-state index contributed by atoms with van der Waals surface area (Å²) in [6, 6.07) is 8.99. The zero-order valence-corrected chi connectivity index (χ0v) is 10.9. The van der Waals surface area contributed by atoms with Gasteiger partial charge in [-0.05, 0) is 5.56 Å². The van der Waals surface area contributed by atoms with Crippen molar-refractivity contribution in [3.8, 4) is 0 Å². The molecule has 1 heterocycles. The number of hydrogen-bond donors (Lipinski definition) is 0. The Balaban J connectivity index is 1.95. The summed E-state index contributed by atoms with van der Waals surface area (Å²) in [5, 5.41) is 6.63. The minimum absolute atomic E-state index is 0.0502. The highest BCUT2D eigenvalue weighted by Gasteiger charge is 2.28. The van der Waals surface area contributed by atoms with Crippen molar-refractivity contribution in [2.75, 3.05) is 6.61 Å². The van der Waals surface area contributed by atoms with Gasteiger partial charge in [-0.25, -0.2) is 0 Å². The molecule has 2 rings (SSSR count). The van der Waals surface area contributed by atoms with Gasteiger partial charge in [-0.3, -0.25) is 0 Å². The highest BCUT2D eigenvalue weighted by Crippen LogP contribution is 2.27. The zero-order valence-electron chi connectivity index (χ0n) is 10.1. The Morgan fingerprint density at radius 3 is 2.55 bits per heavy atom. The molecule has 1 unspecified atom stereocenters. The van der Waals surface area contributed by atoms with Gasteiger partial charge in [-0.1, -0.05) is 30.3 Å². The predicted molar refractivity (Wildman–Crippen MR) is 64.1 cm³/mol. The van der Waals surface area contributed by atoms with E-state index < -0.39 is 24.8 Å². The third kappa shape index (κ3) is 4.21. The molecule has 0 saturated heterocycles. The SMILES string of the molecule is FC(F)(F)COCc1nnc(C(Cl)c2ccccc2)o1. The molecule has 1 aromatic carbocycles. The third-order valence-corrected chi connectivity index (χ3v) is 2.72. The minimum atomic E-state index is -4.39. The molecule has 0 aliphatic carbocycles. The number of aromatic nitrogens is 2. The Morgan fingerprint density at radius 1 is 1.20 bits per heavy atom. The van der Waals surface area contributed by atoms with Gasteiger partial charge in [0.2, 0.25) is 11.8 Å². The molecule has 0 aliphatic rings. The highest BCUT2D eigenvalue weighted by atomic mass is 35.5. The standard InChI is InChI=1S/C12H10ClF3N2O2/c13-10(8-4-2-1-3-5-8)11-18-17-9(20-11)6-19-7-12(14,15)16/h1-5,10H,6-7H2. The fourth-order valence-corrected chi connectivity index (χ4v) is 1.68. The maximum atomic E-state index is 11.9. The van der Waals surface area contributed by atoms with Crippen molar-refractivity contribution in [2.45, 2.75) is 18.2 Å². The molecule has 1 atom stereocenters. The van der Waals surface area contributed by atoms with Crippen molar-refractivity contribution in [3.05, 3.63) is 47.7 Å². The first-order chi connectivity index (χ1) is 9.46. The quantitative estimate of drug-likeness (QED) is 0.794. The average molecular weight is 307 g/mol. The Hall–Kier alpha value is -1.60. The second kappa shape index (κ2) is 6.23. The molecule has 0 N–H and O–H groups in total. The Bertz CT molecular complexity index is 545. The fraction of sp³-hybridized carbons (Fsp3) is 0.333. The molecule has 0 bridgehead atoms. The summed E-state index contributed by atoms with van der Waals surface area (Å²) >= 11 is 6.13. The summed E-state index contributed by atoms with van der Waals surface area (Å²) < 4.78 is 45.3. The lowest BCUT2D eigenvalue weighted by molar-refractivity contribution is -0.177. The van der Waals surface area contributed by atoms with Gasteiger partial charge in [-0.15, -0.1) is 21.8 Å². The topological polar surface area (TPSA) is 48.2 Å². The Kier molecular flexibility index (Phi) is 4.61. The summed E-state index contributed by atoms with van der Waals surface area (Å²) in [4.78, 5) is 0. The van der Waals surface area contributed by atoms with E-state index in [0.717, 1.165) is 5.56 Å². The predicted octanol–water partition coefficient (Wildman–Crippen LogP) is 3.48. The van der Waals surface area contributed by atoms with Gasteiger partial charge in [0.05, 0.1) is 0 Å². The van der Waals surface area contributed by atoms with Gasteiger partial charge in [0, 0.05) is 0 Å². The molecule has 0 spiro atoms. The van der Waals surface area contributed by atoms with Crippen molar-refractivity contribution in [2.24, 2.45) is 0 Å². The zero-order chi connectivity index (χ0) is 14.6. The maximum Gasteiger partial charge on any atom is 0.411 e. The van der Waals surface area contributed by atoms with E-state index in [0.29, 0.717) is 0 Å². The fourth-order valence-electron chi connectivity index (χ4n) is 1.45. The molecule has 1 aromatic heterocycles. The van der Waals surface area contributed by atoms with Gasteiger partial charge in [0.1, 0.15) is 18.6 Å². The molecule has 2 aromatic rings. The van der Waals surface area contributed by atoms with Crippen molar-refractivity contribution < 1.29 is 22.3 Å². The van der Waals surface area contributed by atoms with Crippen LogP contribution in [0.1, 0.15) is 22.7 Å². The van der Waals surface area contributed by atoms with Gasteiger partial charge in [-0.2, -0.15) is 13.2 Å². The summed E-state index contributed by atoms with van der Waals surface area (Å²) in [6.45, 7) is -1.78. The molecule has 108 valence electrons. The van der Waals surface area contributed by atoms with Crippen LogP contribution in [0.25, 0.3) is 0 Å². The first-order valence-corrected chi connectivity index (χ1v) is 6.05. The first-order valence-electron chi connectivity index (χ1n) is 5.61. The molecule has 0 fully saturated rings. The Morgan fingerprint density at radius 2 is 1.90 bits per heavy atom. The van der Waals surface area contributed by atoms with Crippen LogP contribution in [-0.4, -0.2) is 23.0 Å². The lowest BCUT2D eigenvalue weighted by Crippen LogP contribution is -2.16. The summed E-state index contributed by atoms with van der Waals surface area (Å²) in [7, 11) is 0. The molecular formula is C12H10ClF3N2O2. The van der Waals surface area contributed by atoms with Gasteiger partial charge >= 0.3 is 6.18 Å². The van der Waals surface area contributed by atoms with Crippen LogP contribution in [-0.2, 0) is 11.3 Å².